The monoisotopic (exact) mass is 246 g/mol. The number of hydrogen-bond donors (Lipinski definition) is 2. The molecule has 0 bridgehead atoms. The van der Waals surface area contributed by atoms with Crippen LogP contribution in [0, 0.1) is 0 Å². The third-order valence-corrected chi connectivity index (χ3v) is 2.38. The minimum atomic E-state index is -0.315. The van der Waals surface area contributed by atoms with E-state index in [-0.39, 0.29) is 11.5 Å². The van der Waals surface area contributed by atoms with Crippen molar-refractivity contribution in [2.24, 2.45) is 0 Å². The number of benzene rings is 1. The zero-order valence-electron chi connectivity index (χ0n) is 9.34. The van der Waals surface area contributed by atoms with Gasteiger partial charge in [0.25, 0.3) is 5.56 Å². The summed E-state index contributed by atoms with van der Waals surface area (Å²) < 4.78 is 10.9. The summed E-state index contributed by atoms with van der Waals surface area (Å²) in [6, 6.07) is 5.38. The number of rotatable bonds is 2. The molecule has 1 aliphatic heterocycles. The van der Waals surface area contributed by atoms with Gasteiger partial charge in [-0.15, -0.1) is 10.2 Å². The number of aromatic nitrogens is 3. The van der Waals surface area contributed by atoms with Crippen molar-refractivity contribution in [3.05, 3.63) is 34.7 Å². The Hall–Kier alpha value is -2.57. The van der Waals surface area contributed by atoms with E-state index in [1.807, 2.05) is 0 Å². The van der Waals surface area contributed by atoms with Gasteiger partial charge in [0.1, 0.15) is 19.4 Å². The number of ether oxygens (including phenoxy) is 2. The number of hydrogen-bond acceptors (Lipinski definition) is 6. The molecule has 0 unspecified atom stereocenters. The fraction of sp³-hybridized carbons (Fsp3) is 0.182. The van der Waals surface area contributed by atoms with Crippen LogP contribution in [0.3, 0.4) is 0 Å². The molecular weight excluding hydrogens is 236 g/mol. The Labute approximate surface area is 102 Å². The van der Waals surface area contributed by atoms with Gasteiger partial charge in [-0.2, -0.15) is 0 Å². The van der Waals surface area contributed by atoms with Crippen molar-refractivity contribution in [3.8, 4) is 11.5 Å². The lowest BCUT2D eigenvalue weighted by Gasteiger charge is -2.18. The number of nitrogens with zero attached hydrogens (tertiary/aromatic N) is 2. The summed E-state index contributed by atoms with van der Waals surface area (Å²) >= 11 is 0. The number of aromatic amines is 1. The van der Waals surface area contributed by atoms with Gasteiger partial charge in [-0.1, -0.05) is 0 Å². The zero-order valence-corrected chi connectivity index (χ0v) is 9.34. The van der Waals surface area contributed by atoms with Crippen LogP contribution in [-0.2, 0) is 0 Å². The highest BCUT2D eigenvalue weighted by atomic mass is 16.6. The van der Waals surface area contributed by atoms with E-state index in [4.69, 9.17) is 9.47 Å². The largest absolute Gasteiger partial charge is 0.486 e. The van der Waals surface area contributed by atoms with Crippen molar-refractivity contribution >= 4 is 11.6 Å². The Morgan fingerprint density at radius 2 is 2.06 bits per heavy atom. The molecule has 18 heavy (non-hydrogen) atoms. The maximum atomic E-state index is 11.1. The summed E-state index contributed by atoms with van der Waals surface area (Å²) in [6.45, 7) is 1.08. The molecule has 2 aromatic rings. The van der Waals surface area contributed by atoms with Gasteiger partial charge in [-0.05, 0) is 12.1 Å². The molecule has 3 rings (SSSR count). The van der Waals surface area contributed by atoms with Crippen LogP contribution in [0.15, 0.2) is 29.2 Å². The molecule has 2 heterocycles. The van der Waals surface area contributed by atoms with Crippen LogP contribution in [0.4, 0.5) is 11.6 Å². The molecule has 0 saturated carbocycles. The van der Waals surface area contributed by atoms with Crippen LogP contribution in [0.5, 0.6) is 11.5 Å². The quantitative estimate of drug-likeness (QED) is 0.810. The zero-order chi connectivity index (χ0) is 12.4. The van der Waals surface area contributed by atoms with Crippen molar-refractivity contribution in [1.29, 1.82) is 0 Å². The molecule has 0 saturated heterocycles. The predicted molar refractivity (Wildman–Crippen MR) is 63.4 cm³/mol. The molecule has 1 aromatic carbocycles. The van der Waals surface area contributed by atoms with E-state index in [2.05, 4.69) is 20.5 Å². The standard InChI is InChI=1S/C11H10N4O3/c16-10-6-12-15-11(14-10)13-7-1-2-8-9(5-7)18-4-3-17-8/h1-2,5-6H,3-4H2,(H2,13,14,15,16). The first kappa shape index (κ1) is 10.6. The SMILES string of the molecule is O=c1cnnc(Nc2ccc3c(c2)OCCO3)[nH]1. The van der Waals surface area contributed by atoms with Crippen LogP contribution in [-0.4, -0.2) is 28.4 Å². The molecular formula is C11H10N4O3. The highest BCUT2D eigenvalue weighted by Crippen LogP contribution is 2.32. The molecule has 1 aromatic heterocycles. The van der Waals surface area contributed by atoms with Gasteiger partial charge in [0.15, 0.2) is 11.5 Å². The highest BCUT2D eigenvalue weighted by molar-refractivity contribution is 5.59. The summed E-state index contributed by atoms with van der Waals surface area (Å²) in [5.41, 5.74) is 0.417. The smallest absolute Gasteiger partial charge is 0.271 e. The summed E-state index contributed by atoms with van der Waals surface area (Å²) in [7, 11) is 0. The average molecular weight is 246 g/mol. The second-order valence-corrected chi connectivity index (χ2v) is 3.67. The Kier molecular flexibility index (Phi) is 2.56. The predicted octanol–water partition coefficient (Wildman–Crippen LogP) is 0.680. The lowest BCUT2D eigenvalue weighted by Crippen LogP contribution is -2.15. The molecule has 0 radical (unpaired) electrons. The lowest BCUT2D eigenvalue weighted by atomic mass is 10.2. The molecule has 7 nitrogen and oxygen atoms in total. The Morgan fingerprint density at radius 3 is 2.89 bits per heavy atom. The summed E-state index contributed by atoms with van der Waals surface area (Å²) in [6.07, 6.45) is 1.11. The Bertz CT molecular complexity index is 626. The Morgan fingerprint density at radius 1 is 1.22 bits per heavy atom. The maximum absolute atomic E-state index is 11.1. The minimum Gasteiger partial charge on any atom is -0.486 e. The maximum Gasteiger partial charge on any atom is 0.271 e. The molecule has 0 atom stereocenters. The van der Waals surface area contributed by atoms with Crippen molar-refractivity contribution in [2.45, 2.75) is 0 Å². The van der Waals surface area contributed by atoms with E-state index in [0.717, 1.165) is 11.9 Å². The first-order chi connectivity index (χ1) is 8.81. The Balaban J connectivity index is 1.87. The fourth-order valence-corrected chi connectivity index (χ4v) is 1.63. The van der Waals surface area contributed by atoms with Gasteiger partial charge in [0.2, 0.25) is 5.95 Å². The van der Waals surface area contributed by atoms with Crippen LogP contribution >= 0.6 is 0 Å². The van der Waals surface area contributed by atoms with E-state index in [0.29, 0.717) is 24.7 Å². The van der Waals surface area contributed by atoms with Crippen molar-refractivity contribution in [1.82, 2.24) is 15.2 Å². The molecule has 1 aliphatic rings. The molecule has 0 aliphatic carbocycles. The summed E-state index contributed by atoms with van der Waals surface area (Å²) in [5.74, 6) is 1.65. The number of nitrogens with one attached hydrogen (secondary N) is 2. The van der Waals surface area contributed by atoms with E-state index >= 15 is 0 Å². The van der Waals surface area contributed by atoms with Gasteiger partial charge in [0, 0.05) is 11.8 Å². The average Bonchev–Trinajstić information content (AvgIpc) is 2.39. The number of fused-ring (bicyclic) bond motifs is 1. The van der Waals surface area contributed by atoms with Crippen LogP contribution < -0.4 is 20.3 Å². The van der Waals surface area contributed by atoms with Crippen LogP contribution in [0.1, 0.15) is 0 Å². The van der Waals surface area contributed by atoms with Gasteiger partial charge in [-0.3, -0.25) is 9.78 Å². The molecule has 7 heteroatoms. The molecule has 2 N–H and O–H groups in total. The van der Waals surface area contributed by atoms with Crippen LogP contribution in [0.25, 0.3) is 0 Å². The second kappa shape index (κ2) is 4.36. The number of H-pyrrole nitrogens is 1. The molecule has 0 amide bonds. The van der Waals surface area contributed by atoms with E-state index in [9.17, 15) is 4.79 Å². The van der Waals surface area contributed by atoms with Crippen molar-refractivity contribution in [3.63, 3.8) is 0 Å². The third-order valence-electron chi connectivity index (χ3n) is 2.38. The molecule has 0 spiro atoms. The van der Waals surface area contributed by atoms with Gasteiger partial charge in [0.05, 0.1) is 0 Å². The van der Waals surface area contributed by atoms with Gasteiger partial charge < -0.3 is 14.8 Å². The number of anilines is 2. The first-order valence-electron chi connectivity index (χ1n) is 5.40. The van der Waals surface area contributed by atoms with Crippen molar-refractivity contribution < 1.29 is 9.47 Å². The topological polar surface area (TPSA) is 89.1 Å². The minimum absolute atomic E-state index is 0.277. The van der Waals surface area contributed by atoms with E-state index < -0.39 is 0 Å². The van der Waals surface area contributed by atoms with Gasteiger partial charge in [-0.25, -0.2) is 0 Å². The summed E-state index contributed by atoms with van der Waals surface area (Å²) in [4.78, 5) is 13.6. The molecule has 92 valence electrons. The van der Waals surface area contributed by atoms with Crippen molar-refractivity contribution in [2.75, 3.05) is 18.5 Å². The van der Waals surface area contributed by atoms with E-state index in [1.54, 1.807) is 18.2 Å². The summed E-state index contributed by atoms with van der Waals surface area (Å²) in [5, 5.41) is 10.2. The first-order valence-corrected chi connectivity index (χ1v) is 5.40. The third kappa shape index (κ3) is 2.10. The van der Waals surface area contributed by atoms with E-state index in [1.165, 1.54) is 0 Å². The lowest BCUT2D eigenvalue weighted by molar-refractivity contribution is 0.171. The van der Waals surface area contributed by atoms with Gasteiger partial charge >= 0.3 is 0 Å². The second-order valence-electron chi connectivity index (χ2n) is 3.67. The normalized spacial score (nSPS) is 13.1. The fourth-order valence-electron chi connectivity index (χ4n) is 1.63. The molecule has 0 fully saturated rings. The van der Waals surface area contributed by atoms with Crippen LogP contribution in [0.2, 0.25) is 0 Å². The highest BCUT2D eigenvalue weighted by Gasteiger charge is 2.11.